The third-order valence-corrected chi connectivity index (χ3v) is 1.54. The molecular formula is C10H11N. The molecule has 0 saturated carbocycles. The van der Waals surface area contributed by atoms with Crippen LogP contribution in [0.15, 0.2) is 28.9 Å². The summed E-state index contributed by atoms with van der Waals surface area (Å²) < 4.78 is 0. The number of nitrogens with zero attached hydrogens (tertiary/aromatic N) is 1. The third kappa shape index (κ3) is 2.86. The quantitative estimate of drug-likeness (QED) is 0.464. The molecule has 0 aromatic carbocycles. The van der Waals surface area contributed by atoms with Gasteiger partial charge in [-0.25, -0.2) is 0 Å². The summed E-state index contributed by atoms with van der Waals surface area (Å²) in [4.78, 5) is 4.03. The summed E-state index contributed by atoms with van der Waals surface area (Å²) >= 11 is 0. The molecular weight excluding hydrogens is 134 g/mol. The zero-order valence-corrected chi connectivity index (χ0v) is 6.46. The predicted octanol–water partition coefficient (Wildman–Crippen LogP) is 2.31. The fourth-order valence-electron chi connectivity index (χ4n) is 0.924. The molecule has 0 aromatic rings. The van der Waals surface area contributed by atoms with Crippen molar-refractivity contribution in [3.63, 3.8) is 0 Å². The maximum Gasteiger partial charge on any atom is 0.0383 e. The van der Waals surface area contributed by atoms with E-state index in [0.717, 1.165) is 24.8 Å². The Hall–Kier alpha value is -1.29. The number of hydrogen-bond acceptors (Lipinski definition) is 1. The van der Waals surface area contributed by atoms with Gasteiger partial charge in [0.05, 0.1) is 0 Å². The number of aliphatic imine (C=N–C) groups is 1. The second-order valence-corrected chi connectivity index (χ2v) is 2.42. The van der Waals surface area contributed by atoms with Gasteiger partial charge in [-0.15, -0.1) is 6.42 Å². The molecule has 0 aromatic heterocycles. The molecule has 0 amide bonds. The molecule has 56 valence electrons. The Labute approximate surface area is 67.5 Å². The lowest BCUT2D eigenvalue weighted by molar-refractivity contribution is 0.850. The van der Waals surface area contributed by atoms with Crippen molar-refractivity contribution in [2.45, 2.75) is 19.3 Å². The number of rotatable bonds is 0. The van der Waals surface area contributed by atoms with Crippen molar-refractivity contribution in [1.29, 1.82) is 0 Å². The summed E-state index contributed by atoms with van der Waals surface area (Å²) in [5.74, 6) is 2.62. The van der Waals surface area contributed by atoms with Crippen molar-refractivity contribution in [3.8, 4) is 12.3 Å². The largest absolute Gasteiger partial charge is 0.264 e. The van der Waals surface area contributed by atoms with Gasteiger partial charge in [0.15, 0.2) is 0 Å². The van der Waals surface area contributed by atoms with Crippen LogP contribution in [0.4, 0.5) is 0 Å². The second-order valence-electron chi connectivity index (χ2n) is 2.42. The van der Waals surface area contributed by atoms with Crippen LogP contribution in [-0.2, 0) is 0 Å². The van der Waals surface area contributed by atoms with Gasteiger partial charge < -0.3 is 0 Å². The summed E-state index contributed by atoms with van der Waals surface area (Å²) in [5.41, 5.74) is 0.991. The molecule has 0 N–H and O–H groups in total. The maximum atomic E-state index is 5.26. The first-order chi connectivity index (χ1) is 5.43. The lowest BCUT2D eigenvalue weighted by Gasteiger charge is -1.93. The lowest BCUT2D eigenvalue weighted by Crippen LogP contribution is -1.77. The van der Waals surface area contributed by atoms with E-state index >= 15 is 0 Å². The van der Waals surface area contributed by atoms with Crippen LogP contribution in [0.5, 0.6) is 0 Å². The monoisotopic (exact) mass is 145 g/mol. The number of terminal acetylenes is 1. The molecule has 0 radical (unpaired) electrons. The van der Waals surface area contributed by atoms with Gasteiger partial charge in [0.2, 0.25) is 0 Å². The van der Waals surface area contributed by atoms with Crippen LogP contribution >= 0.6 is 0 Å². The van der Waals surface area contributed by atoms with Gasteiger partial charge in [-0.3, -0.25) is 4.99 Å². The van der Waals surface area contributed by atoms with E-state index in [0.29, 0.717) is 0 Å². The zero-order valence-electron chi connectivity index (χ0n) is 6.46. The van der Waals surface area contributed by atoms with Gasteiger partial charge in [-0.2, -0.15) is 0 Å². The Morgan fingerprint density at radius 3 is 3.27 bits per heavy atom. The van der Waals surface area contributed by atoms with E-state index in [4.69, 9.17) is 6.42 Å². The number of hydrogen-bond donors (Lipinski definition) is 0. The standard InChI is InChI=1S/C10H11N/c1-2-10-7-5-3-4-6-8-11-9-10/h1,4,6,8-9H,3,5,7H2/b6-4-,10-9-,11-8+. The Balaban J connectivity index is 2.67. The molecule has 1 nitrogen and oxygen atoms in total. The lowest BCUT2D eigenvalue weighted by atomic mass is 10.1. The van der Waals surface area contributed by atoms with Crippen molar-refractivity contribution in [2.24, 2.45) is 4.99 Å². The first-order valence-corrected chi connectivity index (χ1v) is 3.77. The summed E-state index contributed by atoms with van der Waals surface area (Å²) in [6, 6.07) is 0. The fourth-order valence-corrected chi connectivity index (χ4v) is 0.924. The minimum Gasteiger partial charge on any atom is -0.264 e. The van der Waals surface area contributed by atoms with Crippen molar-refractivity contribution in [1.82, 2.24) is 0 Å². The third-order valence-electron chi connectivity index (χ3n) is 1.54. The first-order valence-electron chi connectivity index (χ1n) is 3.77. The van der Waals surface area contributed by atoms with E-state index in [2.05, 4.69) is 17.0 Å². The van der Waals surface area contributed by atoms with Crippen LogP contribution in [-0.4, -0.2) is 6.21 Å². The smallest absolute Gasteiger partial charge is 0.0383 e. The van der Waals surface area contributed by atoms with E-state index in [9.17, 15) is 0 Å². The Morgan fingerprint density at radius 1 is 1.55 bits per heavy atom. The van der Waals surface area contributed by atoms with Crippen LogP contribution in [0.1, 0.15) is 19.3 Å². The number of allylic oxidation sites excluding steroid dienone is 3. The van der Waals surface area contributed by atoms with Gasteiger partial charge in [-0.05, 0) is 25.3 Å². The van der Waals surface area contributed by atoms with Gasteiger partial charge in [0.1, 0.15) is 0 Å². The van der Waals surface area contributed by atoms with Crippen LogP contribution in [0.3, 0.4) is 0 Å². The van der Waals surface area contributed by atoms with Crippen LogP contribution in [0, 0.1) is 12.3 Å². The molecule has 1 aliphatic rings. The van der Waals surface area contributed by atoms with Gasteiger partial charge in [-0.1, -0.05) is 12.0 Å². The van der Waals surface area contributed by atoms with E-state index < -0.39 is 0 Å². The normalized spacial score (nSPS) is 28.1. The maximum absolute atomic E-state index is 5.26. The molecule has 11 heavy (non-hydrogen) atoms. The predicted molar refractivity (Wildman–Crippen MR) is 48.4 cm³/mol. The van der Waals surface area contributed by atoms with Gasteiger partial charge in [0.25, 0.3) is 0 Å². The molecule has 0 atom stereocenters. The second kappa shape index (κ2) is 4.51. The van der Waals surface area contributed by atoms with Crippen molar-refractivity contribution in [2.75, 3.05) is 0 Å². The first kappa shape index (κ1) is 7.81. The molecule has 1 rings (SSSR count). The van der Waals surface area contributed by atoms with E-state index in [1.807, 2.05) is 6.08 Å². The SMILES string of the molecule is C#C/C1=C/N=C/C=C\CCC1. The van der Waals surface area contributed by atoms with Crippen LogP contribution in [0.2, 0.25) is 0 Å². The van der Waals surface area contributed by atoms with Crippen molar-refractivity contribution in [3.05, 3.63) is 23.9 Å². The van der Waals surface area contributed by atoms with Crippen LogP contribution < -0.4 is 0 Å². The average molecular weight is 145 g/mol. The molecule has 0 saturated heterocycles. The Kier molecular flexibility index (Phi) is 3.21. The summed E-state index contributed by atoms with van der Waals surface area (Å²) in [7, 11) is 0. The van der Waals surface area contributed by atoms with E-state index in [1.165, 1.54) is 0 Å². The summed E-state index contributed by atoms with van der Waals surface area (Å²) in [6.07, 6.45) is 16.0. The molecule has 0 fully saturated rings. The van der Waals surface area contributed by atoms with Gasteiger partial charge >= 0.3 is 0 Å². The highest BCUT2D eigenvalue weighted by Crippen LogP contribution is 2.07. The molecule has 0 spiro atoms. The van der Waals surface area contributed by atoms with Crippen LogP contribution in [0.25, 0.3) is 0 Å². The minimum atomic E-state index is 0.970. The zero-order chi connectivity index (χ0) is 7.94. The summed E-state index contributed by atoms with van der Waals surface area (Å²) in [5, 5.41) is 0. The molecule has 1 aliphatic heterocycles. The highest BCUT2D eigenvalue weighted by Gasteiger charge is 1.91. The van der Waals surface area contributed by atoms with E-state index in [-0.39, 0.29) is 0 Å². The summed E-state index contributed by atoms with van der Waals surface area (Å²) in [6.45, 7) is 0. The average Bonchev–Trinajstić information content (AvgIpc) is 2.16. The van der Waals surface area contributed by atoms with Crippen molar-refractivity contribution < 1.29 is 0 Å². The Morgan fingerprint density at radius 2 is 2.45 bits per heavy atom. The van der Waals surface area contributed by atoms with Gasteiger partial charge in [0, 0.05) is 18.0 Å². The van der Waals surface area contributed by atoms with Crippen molar-refractivity contribution >= 4 is 6.21 Å². The fraction of sp³-hybridized carbons (Fsp3) is 0.300. The minimum absolute atomic E-state index is 0.970. The van der Waals surface area contributed by atoms with E-state index in [1.54, 1.807) is 12.4 Å². The highest BCUT2D eigenvalue weighted by molar-refractivity contribution is 5.71. The molecule has 0 aliphatic carbocycles. The topological polar surface area (TPSA) is 12.4 Å². The molecule has 1 heterocycles. The molecule has 0 bridgehead atoms. The highest BCUT2D eigenvalue weighted by atomic mass is 14.7. The molecule has 0 unspecified atom stereocenters. The Bertz CT molecular complexity index is 238. The molecule has 1 heteroatoms.